The molecule has 21 heavy (non-hydrogen) atoms. The fraction of sp³-hybridized carbons (Fsp3) is 0.0556. The highest BCUT2D eigenvalue weighted by Crippen LogP contribution is 2.32. The summed E-state index contributed by atoms with van der Waals surface area (Å²) in [5.41, 5.74) is 1.78. The molecule has 1 heterocycles. The molecule has 0 saturated carbocycles. The van der Waals surface area contributed by atoms with Crippen LogP contribution in [0.25, 0.3) is 11.1 Å². The molecule has 103 valence electrons. The van der Waals surface area contributed by atoms with Gasteiger partial charge in [0.05, 0.1) is 0 Å². The van der Waals surface area contributed by atoms with Gasteiger partial charge in [-0.2, -0.15) is 0 Å². The van der Waals surface area contributed by atoms with Crippen molar-refractivity contribution >= 4 is 0 Å². The van der Waals surface area contributed by atoms with Crippen molar-refractivity contribution in [2.45, 2.75) is 0 Å². The van der Waals surface area contributed by atoms with Gasteiger partial charge in [0.1, 0.15) is 11.5 Å². The molecule has 0 saturated heterocycles. The molecule has 0 amide bonds. The molecule has 3 heteroatoms. The molecule has 0 aliphatic rings. The molecule has 0 N–H and O–H groups in total. The quantitative estimate of drug-likeness (QED) is 0.731. The van der Waals surface area contributed by atoms with Gasteiger partial charge in [-0.3, -0.25) is 4.79 Å². The first-order valence-corrected chi connectivity index (χ1v) is 6.64. The number of benzene rings is 2. The Morgan fingerprint density at radius 3 is 2.62 bits per heavy atom. The highest BCUT2D eigenvalue weighted by Gasteiger charge is 2.07. The van der Waals surface area contributed by atoms with E-state index in [0.717, 1.165) is 22.6 Å². The van der Waals surface area contributed by atoms with Crippen LogP contribution in [0.1, 0.15) is 0 Å². The first-order valence-electron chi connectivity index (χ1n) is 6.64. The minimum atomic E-state index is -0.0378. The number of nitrogens with zero attached hydrogens (tertiary/aromatic N) is 1. The molecule has 0 bridgehead atoms. The smallest absolute Gasteiger partial charge is 0.250 e. The molecular formula is C18H14NO2. The standard InChI is InChI=1S/C18H14NO2/c1-19-13-14(11-12-18(19)20)16-9-5-6-10-17(16)21-15-7-3-2-4-8-15/h2-4,6-13H,1H3. The van der Waals surface area contributed by atoms with Crippen molar-refractivity contribution in [3.8, 4) is 22.6 Å². The van der Waals surface area contributed by atoms with Gasteiger partial charge in [-0.05, 0) is 36.4 Å². The summed E-state index contributed by atoms with van der Waals surface area (Å²) in [6.45, 7) is 0. The van der Waals surface area contributed by atoms with Crippen LogP contribution in [0.2, 0.25) is 0 Å². The van der Waals surface area contributed by atoms with Gasteiger partial charge in [0.2, 0.25) is 5.56 Å². The Balaban J connectivity index is 2.03. The normalized spacial score (nSPS) is 10.3. The number of pyridine rings is 1. The van der Waals surface area contributed by atoms with E-state index in [-0.39, 0.29) is 5.56 Å². The topological polar surface area (TPSA) is 31.2 Å². The average Bonchev–Trinajstić information content (AvgIpc) is 2.52. The van der Waals surface area contributed by atoms with Crippen LogP contribution in [0.3, 0.4) is 0 Å². The zero-order chi connectivity index (χ0) is 14.7. The number of hydrogen-bond acceptors (Lipinski definition) is 2. The number of aromatic nitrogens is 1. The summed E-state index contributed by atoms with van der Waals surface area (Å²) in [5.74, 6) is 1.51. The van der Waals surface area contributed by atoms with Crippen LogP contribution in [0, 0.1) is 6.07 Å². The van der Waals surface area contributed by atoms with E-state index in [4.69, 9.17) is 4.74 Å². The second kappa shape index (κ2) is 5.67. The van der Waals surface area contributed by atoms with Crippen LogP contribution >= 0.6 is 0 Å². The van der Waals surface area contributed by atoms with E-state index in [0.29, 0.717) is 0 Å². The van der Waals surface area contributed by atoms with Crippen LogP contribution in [-0.4, -0.2) is 4.57 Å². The Morgan fingerprint density at radius 1 is 1.05 bits per heavy atom. The van der Waals surface area contributed by atoms with Gasteiger partial charge in [-0.25, -0.2) is 0 Å². The van der Waals surface area contributed by atoms with Gasteiger partial charge < -0.3 is 9.30 Å². The number of rotatable bonds is 3. The van der Waals surface area contributed by atoms with Gasteiger partial charge >= 0.3 is 0 Å². The van der Waals surface area contributed by atoms with Gasteiger partial charge in [-0.15, -0.1) is 0 Å². The van der Waals surface area contributed by atoms with E-state index in [1.54, 1.807) is 29.9 Å². The van der Waals surface area contributed by atoms with Crippen LogP contribution in [0.5, 0.6) is 11.5 Å². The molecule has 1 aromatic heterocycles. The van der Waals surface area contributed by atoms with Crippen molar-refractivity contribution in [2.75, 3.05) is 0 Å². The zero-order valence-corrected chi connectivity index (χ0v) is 11.6. The monoisotopic (exact) mass is 276 g/mol. The Labute approximate surface area is 123 Å². The summed E-state index contributed by atoms with van der Waals surface area (Å²) in [5, 5.41) is 0. The fourth-order valence-electron chi connectivity index (χ4n) is 2.10. The molecule has 0 fully saturated rings. The Hall–Kier alpha value is -2.81. The third-order valence-corrected chi connectivity index (χ3v) is 3.19. The van der Waals surface area contributed by atoms with Crippen LogP contribution in [0.4, 0.5) is 0 Å². The van der Waals surface area contributed by atoms with E-state index in [1.165, 1.54) is 0 Å². The highest BCUT2D eigenvalue weighted by atomic mass is 16.5. The first kappa shape index (κ1) is 13.2. The Bertz CT molecular complexity index is 807. The summed E-state index contributed by atoms with van der Waals surface area (Å²) in [4.78, 5) is 11.5. The largest absolute Gasteiger partial charge is 0.457 e. The maximum atomic E-state index is 11.5. The molecule has 3 nitrogen and oxygen atoms in total. The first-order chi connectivity index (χ1) is 10.2. The molecule has 0 atom stereocenters. The van der Waals surface area contributed by atoms with Crippen molar-refractivity contribution in [1.82, 2.24) is 4.57 Å². The Kier molecular flexibility index (Phi) is 3.56. The van der Waals surface area contributed by atoms with E-state index < -0.39 is 0 Å². The van der Waals surface area contributed by atoms with Gasteiger partial charge in [-0.1, -0.05) is 24.3 Å². The van der Waals surface area contributed by atoms with E-state index >= 15 is 0 Å². The van der Waals surface area contributed by atoms with Crippen molar-refractivity contribution < 1.29 is 4.74 Å². The number of aryl methyl sites for hydroxylation is 1. The maximum Gasteiger partial charge on any atom is 0.250 e. The van der Waals surface area contributed by atoms with Crippen molar-refractivity contribution in [1.29, 1.82) is 0 Å². The SMILES string of the molecule is Cn1cc(-c2c[c]ccc2Oc2ccccc2)ccc1=O. The fourth-order valence-corrected chi connectivity index (χ4v) is 2.10. The molecule has 1 radical (unpaired) electrons. The molecule has 0 spiro atoms. The molecule has 2 aromatic carbocycles. The zero-order valence-electron chi connectivity index (χ0n) is 11.6. The lowest BCUT2D eigenvalue weighted by atomic mass is 10.1. The lowest BCUT2D eigenvalue weighted by Crippen LogP contribution is -2.13. The van der Waals surface area contributed by atoms with Crippen LogP contribution in [0.15, 0.2) is 71.7 Å². The predicted octanol–water partition coefficient (Wildman–Crippen LogP) is 3.64. The number of para-hydroxylation sites is 1. The molecule has 3 rings (SSSR count). The molecule has 0 aliphatic carbocycles. The lowest BCUT2D eigenvalue weighted by Gasteiger charge is -2.11. The molecule has 0 aliphatic heterocycles. The summed E-state index contributed by atoms with van der Waals surface area (Å²) in [6, 6.07) is 21.5. The average molecular weight is 276 g/mol. The summed E-state index contributed by atoms with van der Waals surface area (Å²) in [6.07, 6.45) is 1.80. The molecule has 0 unspecified atom stereocenters. The van der Waals surface area contributed by atoms with Crippen molar-refractivity contribution in [3.63, 3.8) is 0 Å². The number of hydrogen-bond donors (Lipinski definition) is 0. The highest BCUT2D eigenvalue weighted by molar-refractivity contribution is 5.69. The van der Waals surface area contributed by atoms with E-state index in [1.807, 2.05) is 48.5 Å². The number of ether oxygens (including phenoxy) is 1. The van der Waals surface area contributed by atoms with Gasteiger partial charge in [0, 0.05) is 30.4 Å². The predicted molar refractivity (Wildman–Crippen MR) is 82.5 cm³/mol. The molecule has 3 aromatic rings. The minimum absolute atomic E-state index is 0.0378. The minimum Gasteiger partial charge on any atom is -0.457 e. The Morgan fingerprint density at radius 2 is 1.86 bits per heavy atom. The van der Waals surface area contributed by atoms with Crippen LogP contribution < -0.4 is 10.3 Å². The third-order valence-electron chi connectivity index (χ3n) is 3.19. The van der Waals surface area contributed by atoms with Crippen molar-refractivity contribution in [3.05, 3.63) is 83.3 Å². The second-order valence-electron chi connectivity index (χ2n) is 4.70. The molecular weight excluding hydrogens is 262 g/mol. The summed E-state index contributed by atoms with van der Waals surface area (Å²) >= 11 is 0. The van der Waals surface area contributed by atoms with E-state index in [2.05, 4.69) is 6.07 Å². The van der Waals surface area contributed by atoms with Gasteiger partial charge in [0.15, 0.2) is 0 Å². The lowest BCUT2D eigenvalue weighted by molar-refractivity contribution is 0.484. The maximum absolute atomic E-state index is 11.5. The summed E-state index contributed by atoms with van der Waals surface area (Å²) < 4.78 is 7.48. The third kappa shape index (κ3) is 2.87. The van der Waals surface area contributed by atoms with Crippen molar-refractivity contribution in [2.24, 2.45) is 7.05 Å². The van der Waals surface area contributed by atoms with Gasteiger partial charge in [0.25, 0.3) is 0 Å². The van der Waals surface area contributed by atoms with E-state index in [9.17, 15) is 4.79 Å². The van der Waals surface area contributed by atoms with Crippen LogP contribution in [-0.2, 0) is 7.05 Å². The summed E-state index contributed by atoms with van der Waals surface area (Å²) in [7, 11) is 1.73. The second-order valence-corrected chi connectivity index (χ2v) is 4.70.